The summed E-state index contributed by atoms with van der Waals surface area (Å²) >= 11 is 1.46. The average Bonchev–Trinajstić information content (AvgIpc) is 2.75. The fourth-order valence-electron chi connectivity index (χ4n) is 3.45. The Morgan fingerprint density at radius 1 is 1.17 bits per heavy atom. The highest BCUT2D eigenvalue weighted by atomic mass is 32.2. The number of rotatable bonds is 4. The predicted octanol–water partition coefficient (Wildman–Crippen LogP) is 4.81. The number of hydrogen-bond acceptors (Lipinski definition) is 5. The van der Waals surface area contributed by atoms with Crippen LogP contribution in [-0.2, 0) is 5.54 Å². The van der Waals surface area contributed by atoms with Crippen molar-refractivity contribution in [1.29, 1.82) is 0 Å². The van der Waals surface area contributed by atoms with Crippen molar-refractivity contribution < 1.29 is 9.18 Å². The zero-order valence-electron chi connectivity index (χ0n) is 16.4. The molecule has 7 heteroatoms. The lowest BCUT2D eigenvalue weighted by Crippen LogP contribution is -2.29. The van der Waals surface area contributed by atoms with E-state index < -0.39 is 5.54 Å². The van der Waals surface area contributed by atoms with Crippen LogP contribution in [0, 0.1) is 5.82 Å². The van der Waals surface area contributed by atoms with Crippen LogP contribution in [-0.4, -0.2) is 21.8 Å². The van der Waals surface area contributed by atoms with Gasteiger partial charge in [-0.2, -0.15) is 0 Å². The number of carbonyl (C=O) groups excluding carboxylic acids is 1. The van der Waals surface area contributed by atoms with Gasteiger partial charge in [-0.3, -0.25) is 14.8 Å². The molecule has 5 nitrogen and oxygen atoms in total. The monoisotopic (exact) mass is 420 g/mol. The van der Waals surface area contributed by atoms with Crippen LogP contribution in [0.2, 0.25) is 0 Å². The van der Waals surface area contributed by atoms with Gasteiger partial charge in [0.05, 0.1) is 11.2 Å². The van der Waals surface area contributed by atoms with Gasteiger partial charge in [-0.1, -0.05) is 30.0 Å². The Morgan fingerprint density at radius 2 is 2.03 bits per heavy atom. The number of thioether (sulfide) groups is 1. The molecule has 1 aliphatic rings. The maximum atomic E-state index is 14.6. The summed E-state index contributed by atoms with van der Waals surface area (Å²) in [6.07, 6.45) is 2.38. The van der Waals surface area contributed by atoms with E-state index in [0.29, 0.717) is 28.4 Å². The Labute approximate surface area is 178 Å². The number of anilines is 1. The summed E-state index contributed by atoms with van der Waals surface area (Å²) < 4.78 is 14.6. The molecule has 30 heavy (non-hydrogen) atoms. The number of amidine groups is 1. The highest BCUT2D eigenvalue weighted by molar-refractivity contribution is 8.13. The Balaban J connectivity index is 1.60. The van der Waals surface area contributed by atoms with Gasteiger partial charge in [0.2, 0.25) is 0 Å². The van der Waals surface area contributed by atoms with E-state index in [0.717, 1.165) is 17.0 Å². The van der Waals surface area contributed by atoms with Crippen molar-refractivity contribution in [3.63, 3.8) is 0 Å². The van der Waals surface area contributed by atoms with Gasteiger partial charge in [0, 0.05) is 34.3 Å². The summed E-state index contributed by atoms with van der Waals surface area (Å²) in [7, 11) is 0. The molecule has 0 bridgehead atoms. The molecule has 3 N–H and O–H groups in total. The number of halogens is 1. The Kier molecular flexibility index (Phi) is 5.55. The molecule has 1 aromatic heterocycles. The quantitative estimate of drug-likeness (QED) is 0.635. The van der Waals surface area contributed by atoms with Crippen molar-refractivity contribution in [3.8, 4) is 11.3 Å². The summed E-state index contributed by atoms with van der Waals surface area (Å²) in [6, 6.07) is 17.4. The zero-order chi connectivity index (χ0) is 21.1. The third kappa shape index (κ3) is 4.21. The number of aliphatic imine (C=N–C) groups is 1. The first-order valence-electron chi connectivity index (χ1n) is 9.56. The molecule has 0 fully saturated rings. The van der Waals surface area contributed by atoms with Gasteiger partial charge in [0.15, 0.2) is 5.17 Å². The number of nitrogens with one attached hydrogen (secondary N) is 1. The molecular formula is C23H21FN4OS. The largest absolute Gasteiger partial charge is 0.379 e. The highest BCUT2D eigenvalue weighted by Gasteiger charge is 2.32. The van der Waals surface area contributed by atoms with Gasteiger partial charge in [-0.05, 0) is 55.8 Å². The van der Waals surface area contributed by atoms with Crippen molar-refractivity contribution in [1.82, 2.24) is 4.98 Å². The third-order valence-corrected chi connectivity index (χ3v) is 5.88. The number of carbonyl (C=O) groups is 1. The molecule has 1 atom stereocenters. The topological polar surface area (TPSA) is 80.4 Å². The molecule has 1 amide bonds. The van der Waals surface area contributed by atoms with Crippen LogP contribution in [0.25, 0.3) is 11.3 Å². The summed E-state index contributed by atoms with van der Waals surface area (Å²) in [4.78, 5) is 21.6. The van der Waals surface area contributed by atoms with Gasteiger partial charge < -0.3 is 11.1 Å². The highest BCUT2D eigenvalue weighted by Crippen LogP contribution is 2.37. The van der Waals surface area contributed by atoms with Gasteiger partial charge >= 0.3 is 0 Å². The van der Waals surface area contributed by atoms with Crippen LogP contribution in [0.3, 0.4) is 0 Å². The average molecular weight is 421 g/mol. The van der Waals surface area contributed by atoms with Gasteiger partial charge in [-0.15, -0.1) is 0 Å². The third-order valence-electron chi connectivity index (χ3n) is 5.09. The summed E-state index contributed by atoms with van der Waals surface area (Å²) in [6.45, 7) is 1.86. The lowest BCUT2D eigenvalue weighted by atomic mass is 9.89. The number of hydrogen-bond donors (Lipinski definition) is 2. The second kappa shape index (κ2) is 8.28. The normalized spacial score (nSPS) is 18.5. The van der Waals surface area contributed by atoms with Gasteiger partial charge in [0.1, 0.15) is 5.82 Å². The van der Waals surface area contributed by atoms with E-state index in [2.05, 4.69) is 15.3 Å². The molecule has 0 aliphatic carbocycles. The van der Waals surface area contributed by atoms with E-state index in [1.807, 2.05) is 37.3 Å². The van der Waals surface area contributed by atoms with Crippen molar-refractivity contribution in [2.24, 2.45) is 10.7 Å². The lowest BCUT2D eigenvalue weighted by Gasteiger charge is -2.30. The van der Waals surface area contributed by atoms with Gasteiger partial charge in [0.25, 0.3) is 5.91 Å². The first-order chi connectivity index (χ1) is 14.4. The molecule has 0 saturated carbocycles. The predicted molar refractivity (Wildman–Crippen MR) is 120 cm³/mol. The number of benzene rings is 2. The molecule has 0 radical (unpaired) electrons. The van der Waals surface area contributed by atoms with E-state index in [1.165, 1.54) is 17.8 Å². The van der Waals surface area contributed by atoms with Crippen molar-refractivity contribution in [3.05, 3.63) is 83.8 Å². The van der Waals surface area contributed by atoms with Crippen LogP contribution in [0.15, 0.2) is 71.9 Å². The lowest BCUT2D eigenvalue weighted by molar-refractivity contribution is 0.102. The smallest absolute Gasteiger partial charge is 0.255 e. The molecule has 1 aliphatic heterocycles. The van der Waals surface area contributed by atoms with E-state index in [9.17, 15) is 9.18 Å². The minimum atomic E-state index is -0.751. The van der Waals surface area contributed by atoms with E-state index in [1.54, 1.807) is 30.5 Å². The SMILES string of the molecule is CC1(c2cc(NC(=O)c3cccc(-c4ccccn4)c3)ccc2F)CCSC(N)=N1. The van der Waals surface area contributed by atoms with Crippen LogP contribution in [0.5, 0.6) is 0 Å². The standard InChI is InChI=1S/C23H21FN4OS/c1-23(10-12-30-22(25)28-23)18-14-17(8-9-19(18)24)27-21(29)16-6-4-5-15(13-16)20-7-2-3-11-26-20/h2-9,11,13-14H,10,12H2,1H3,(H2,25,28)(H,27,29). The van der Waals surface area contributed by atoms with Crippen molar-refractivity contribution in [2.45, 2.75) is 18.9 Å². The Bertz CT molecular complexity index is 1120. The maximum absolute atomic E-state index is 14.6. The molecular weight excluding hydrogens is 399 g/mol. The van der Waals surface area contributed by atoms with Crippen LogP contribution >= 0.6 is 11.8 Å². The maximum Gasteiger partial charge on any atom is 0.255 e. The fourth-order valence-corrected chi connectivity index (χ4v) is 4.43. The fraction of sp³-hybridized carbons (Fsp3) is 0.174. The first-order valence-corrected chi connectivity index (χ1v) is 10.5. The molecule has 0 saturated heterocycles. The number of amides is 1. The van der Waals surface area contributed by atoms with Crippen LogP contribution < -0.4 is 11.1 Å². The van der Waals surface area contributed by atoms with Crippen molar-refractivity contribution in [2.75, 3.05) is 11.1 Å². The second-order valence-electron chi connectivity index (χ2n) is 7.27. The van der Waals surface area contributed by atoms with E-state index in [-0.39, 0.29) is 11.7 Å². The molecule has 152 valence electrons. The van der Waals surface area contributed by atoms with E-state index >= 15 is 0 Å². The first kappa shape index (κ1) is 20.1. The van der Waals surface area contributed by atoms with Crippen molar-refractivity contribution >= 4 is 28.5 Å². The minimum Gasteiger partial charge on any atom is -0.379 e. The van der Waals surface area contributed by atoms with E-state index in [4.69, 9.17) is 5.73 Å². The molecule has 1 unspecified atom stereocenters. The summed E-state index contributed by atoms with van der Waals surface area (Å²) in [5.41, 5.74) is 8.17. The zero-order valence-corrected chi connectivity index (χ0v) is 17.2. The number of aromatic nitrogens is 1. The molecule has 0 spiro atoms. The summed E-state index contributed by atoms with van der Waals surface area (Å²) in [5.74, 6) is 0.121. The number of nitrogens with two attached hydrogens (primary N) is 1. The van der Waals surface area contributed by atoms with Crippen LogP contribution in [0.1, 0.15) is 29.3 Å². The molecule has 3 aromatic rings. The summed E-state index contributed by atoms with van der Waals surface area (Å²) in [5, 5.41) is 3.31. The minimum absolute atomic E-state index is 0.280. The molecule has 2 heterocycles. The second-order valence-corrected chi connectivity index (χ2v) is 8.38. The number of nitrogens with zero attached hydrogens (tertiary/aromatic N) is 2. The Hall–Kier alpha value is -3.19. The molecule has 4 rings (SSSR count). The Morgan fingerprint density at radius 3 is 2.80 bits per heavy atom. The number of pyridine rings is 1. The van der Waals surface area contributed by atoms with Crippen LogP contribution in [0.4, 0.5) is 10.1 Å². The molecule has 2 aromatic carbocycles. The van der Waals surface area contributed by atoms with Gasteiger partial charge in [-0.25, -0.2) is 4.39 Å².